The van der Waals surface area contributed by atoms with E-state index in [1.54, 1.807) is 18.3 Å². The number of halogens is 1. The number of hydrogen-bond donors (Lipinski definition) is 2. The van der Waals surface area contributed by atoms with Gasteiger partial charge in [-0.3, -0.25) is 0 Å². The van der Waals surface area contributed by atoms with E-state index in [-0.39, 0.29) is 5.82 Å². The lowest BCUT2D eigenvalue weighted by molar-refractivity contribution is 0.626. The van der Waals surface area contributed by atoms with Crippen molar-refractivity contribution in [2.45, 2.75) is 13.1 Å². The molecule has 5 heteroatoms. The van der Waals surface area contributed by atoms with Gasteiger partial charge in [0.1, 0.15) is 17.5 Å². The molecule has 2 rings (SSSR count). The Hall–Kier alpha value is -2.01. The summed E-state index contributed by atoms with van der Waals surface area (Å²) in [7, 11) is 1.84. The first-order valence-electron chi connectivity index (χ1n) is 5.73. The van der Waals surface area contributed by atoms with Crippen LogP contribution in [0.2, 0.25) is 0 Å². The maximum absolute atomic E-state index is 13.0. The lowest BCUT2D eigenvalue weighted by Crippen LogP contribution is -2.10. The van der Waals surface area contributed by atoms with Gasteiger partial charge in [0.15, 0.2) is 0 Å². The molecule has 0 fully saturated rings. The fraction of sp³-hybridized carbons (Fsp3) is 0.231. The number of rotatable bonds is 5. The minimum absolute atomic E-state index is 0.229. The molecule has 0 atom stereocenters. The Morgan fingerprint density at radius 2 is 2.11 bits per heavy atom. The molecule has 4 nitrogen and oxygen atoms in total. The minimum Gasteiger partial charge on any atom is -0.366 e. The van der Waals surface area contributed by atoms with Crippen LogP contribution in [0.3, 0.4) is 0 Å². The molecular formula is C13H15FN4. The van der Waals surface area contributed by atoms with Crippen LogP contribution in [0.1, 0.15) is 11.4 Å². The predicted octanol–water partition coefficient (Wildman–Crippen LogP) is 1.95. The normalized spacial score (nSPS) is 10.3. The average Bonchev–Trinajstić information content (AvgIpc) is 2.37. The summed E-state index contributed by atoms with van der Waals surface area (Å²) in [5.74, 6) is 1.23. The van der Waals surface area contributed by atoms with Crippen molar-refractivity contribution >= 4 is 5.82 Å². The Bertz CT molecular complexity index is 516. The van der Waals surface area contributed by atoms with Crippen LogP contribution in [0.4, 0.5) is 10.2 Å². The van der Waals surface area contributed by atoms with Crippen molar-refractivity contribution in [1.82, 2.24) is 15.3 Å². The number of benzene rings is 1. The zero-order chi connectivity index (χ0) is 12.8. The molecule has 0 spiro atoms. The number of aromatic nitrogens is 2. The molecule has 1 aromatic carbocycles. The summed E-state index contributed by atoms with van der Waals surface area (Å²) in [6.07, 6.45) is 1.70. The summed E-state index contributed by atoms with van der Waals surface area (Å²) in [5, 5.41) is 6.13. The third-order valence-corrected chi connectivity index (χ3v) is 2.40. The Morgan fingerprint density at radius 1 is 1.22 bits per heavy atom. The van der Waals surface area contributed by atoms with E-state index in [0.29, 0.717) is 13.1 Å². The van der Waals surface area contributed by atoms with E-state index in [2.05, 4.69) is 20.6 Å². The smallest absolute Gasteiger partial charge is 0.144 e. The van der Waals surface area contributed by atoms with Crippen molar-refractivity contribution in [2.75, 3.05) is 12.4 Å². The lowest BCUT2D eigenvalue weighted by atomic mass is 10.2. The monoisotopic (exact) mass is 246 g/mol. The first kappa shape index (κ1) is 12.4. The van der Waals surface area contributed by atoms with Gasteiger partial charge in [0, 0.05) is 12.7 Å². The van der Waals surface area contributed by atoms with Gasteiger partial charge < -0.3 is 10.6 Å². The summed E-state index contributed by atoms with van der Waals surface area (Å²) < 4.78 is 13.0. The van der Waals surface area contributed by atoms with Crippen molar-refractivity contribution < 1.29 is 4.39 Å². The summed E-state index contributed by atoms with van der Waals surface area (Å²) >= 11 is 0. The number of nitrogens with one attached hydrogen (secondary N) is 2. The van der Waals surface area contributed by atoms with Crippen LogP contribution in [-0.4, -0.2) is 17.0 Å². The van der Waals surface area contributed by atoms with Gasteiger partial charge in [-0.2, -0.15) is 0 Å². The van der Waals surface area contributed by atoms with E-state index >= 15 is 0 Å². The molecule has 18 heavy (non-hydrogen) atoms. The van der Waals surface area contributed by atoms with E-state index in [9.17, 15) is 4.39 Å². The highest BCUT2D eigenvalue weighted by Gasteiger charge is 1.99. The van der Waals surface area contributed by atoms with Crippen molar-refractivity contribution in [2.24, 2.45) is 0 Å². The van der Waals surface area contributed by atoms with Crippen molar-refractivity contribution in [3.8, 4) is 0 Å². The molecule has 0 aliphatic carbocycles. The molecule has 0 radical (unpaired) electrons. The highest BCUT2D eigenvalue weighted by atomic mass is 19.1. The fourth-order valence-corrected chi connectivity index (χ4v) is 1.58. The standard InChI is InChI=1S/C13H15FN4/c1-15-9-13-16-6-5-12(18-13)17-8-10-3-2-4-11(14)7-10/h2-7,15H,8-9H2,1H3,(H,16,17,18). The third kappa shape index (κ3) is 3.49. The summed E-state index contributed by atoms with van der Waals surface area (Å²) in [6, 6.07) is 8.28. The second-order valence-corrected chi connectivity index (χ2v) is 3.87. The van der Waals surface area contributed by atoms with Crippen LogP contribution in [-0.2, 0) is 13.1 Å². The van der Waals surface area contributed by atoms with Gasteiger partial charge in [-0.25, -0.2) is 14.4 Å². The van der Waals surface area contributed by atoms with E-state index in [1.165, 1.54) is 12.1 Å². The van der Waals surface area contributed by atoms with Crippen molar-refractivity contribution in [3.63, 3.8) is 0 Å². The molecule has 2 aromatic rings. The Labute approximate surface area is 105 Å². The number of hydrogen-bond acceptors (Lipinski definition) is 4. The van der Waals surface area contributed by atoms with Gasteiger partial charge >= 0.3 is 0 Å². The van der Waals surface area contributed by atoms with E-state index in [4.69, 9.17) is 0 Å². The average molecular weight is 246 g/mol. The maximum atomic E-state index is 13.0. The fourth-order valence-electron chi connectivity index (χ4n) is 1.58. The summed E-state index contributed by atoms with van der Waals surface area (Å²) in [6.45, 7) is 1.16. The van der Waals surface area contributed by atoms with Gasteiger partial charge in [-0.15, -0.1) is 0 Å². The van der Waals surface area contributed by atoms with Crippen LogP contribution >= 0.6 is 0 Å². The van der Waals surface area contributed by atoms with E-state index < -0.39 is 0 Å². The highest BCUT2D eigenvalue weighted by molar-refractivity contribution is 5.34. The molecule has 0 saturated heterocycles. The van der Waals surface area contributed by atoms with Crippen LogP contribution in [0.15, 0.2) is 36.5 Å². The summed E-state index contributed by atoms with van der Waals surface area (Å²) in [4.78, 5) is 8.45. The lowest BCUT2D eigenvalue weighted by Gasteiger charge is -2.07. The third-order valence-electron chi connectivity index (χ3n) is 2.40. The topological polar surface area (TPSA) is 49.8 Å². The highest BCUT2D eigenvalue weighted by Crippen LogP contribution is 2.07. The van der Waals surface area contributed by atoms with E-state index in [0.717, 1.165) is 17.2 Å². The molecule has 0 amide bonds. The number of anilines is 1. The summed E-state index contributed by atoms with van der Waals surface area (Å²) in [5.41, 5.74) is 0.878. The molecule has 1 aromatic heterocycles. The SMILES string of the molecule is CNCc1nccc(NCc2cccc(F)c2)n1. The van der Waals surface area contributed by atoms with E-state index in [1.807, 2.05) is 13.1 Å². The Morgan fingerprint density at radius 3 is 2.89 bits per heavy atom. The molecule has 1 heterocycles. The van der Waals surface area contributed by atoms with Gasteiger partial charge in [0.2, 0.25) is 0 Å². The Kier molecular flexibility index (Phi) is 4.20. The molecule has 0 unspecified atom stereocenters. The molecule has 94 valence electrons. The molecule has 0 aliphatic rings. The van der Waals surface area contributed by atoms with Crippen LogP contribution in [0.5, 0.6) is 0 Å². The first-order chi connectivity index (χ1) is 8.78. The van der Waals surface area contributed by atoms with Crippen LogP contribution in [0, 0.1) is 5.82 Å². The number of nitrogens with zero attached hydrogens (tertiary/aromatic N) is 2. The van der Waals surface area contributed by atoms with Gasteiger partial charge in [-0.05, 0) is 30.8 Å². The second kappa shape index (κ2) is 6.07. The molecule has 0 aliphatic heterocycles. The van der Waals surface area contributed by atoms with Gasteiger partial charge in [0.05, 0.1) is 6.54 Å². The second-order valence-electron chi connectivity index (χ2n) is 3.87. The zero-order valence-corrected chi connectivity index (χ0v) is 10.2. The van der Waals surface area contributed by atoms with Crippen molar-refractivity contribution in [3.05, 3.63) is 53.7 Å². The zero-order valence-electron chi connectivity index (χ0n) is 10.2. The minimum atomic E-state index is -0.229. The van der Waals surface area contributed by atoms with Crippen LogP contribution < -0.4 is 10.6 Å². The molecular weight excluding hydrogens is 231 g/mol. The largest absolute Gasteiger partial charge is 0.366 e. The Balaban J connectivity index is 1.99. The maximum Gasteiger partial charge on any atom is 0.144 e. The quantitative estimate of drug-likeness (QED) is 0.846. The first-order valence-corrected chi connectivity index (χ1v) is 5.73. The van der Waals surface area contributed by atoms with Crippen molar-refractivity contribution in [1.29, 1.82) is 0 Å². The molecule has 0 saturated carbocycles. The molecule has 0 bridgehead atoms. The predicted molar refractivity (Wildman–Crippen MR) is 68.5 cm³/mol. The molecule has 2 N–H and O–H groups in total. The van der Waals surface area contributed by atoms with Gasteiger partial charge in [0.25, 0.3) is 0 Å². The van der Waals surface area contributed by atoms with Gasteiger partial charge in [-0.1, -0.05) is 12.1 Å². The van der Waals surface area contributed by atoms with Crippen LogP contribution in [0.25, 0.3) is 0 Å².